The highest BCUT2D eigenvalue weighted by atomic mass is 16.4. The van der Waals surface area contributed by atoms with E-state index in [0.29, 0.717) is 6.42 Å². The highest BCUT2D eigenvalue weighted by molar-refractivity contribution is 5.66. The van der Waals surface area contributed by atoms with Crippen LogP contribution in [0.1, 0.15) is 45.8 Å². The fraction of sp³-hybridized carbons (Fsp3) is 0.857. The van der Waals surface area contributed by atoms with Crippen molar-refractivity contribution in [3.63, 3.8) is 0 Å². The largest absolute Gasteiger partial charge is 0.481 e. The van der Waals surface area contributed by atoms with Gasteiger partial charge in [0.2, 0.25) is 0 Å². The molecule has 0 aliphatic heterocycles. The number of carboxylic acid groups (broad SMARTS) is 1. The standard InChI is InChI=1S/C7H14O2/c1-2-3-4-5-6-7(8)9/h2-6H2,1H3,(H,8,9)/i4D,5D2,6D2. The third-order valence-electron chi connectivity index (χ3n) is 0.714. The molecule has 0 bridgehead atoms. The zero-order valence-electron chi connectivity index (χ0n) is 10.3. The van der Waals surface area contributed by atoms with Gasteiger partial charge in [0.1, 0.15) is 0 Å². The Labute approximate surface area is 62.9 Å². The molecule has 9 heavy (non-hydrogen) atoms. The predicted molar refractivity (Wildman–Crippen MR) is 36.4 cm³/mol. The quantitative estimate of drug-likeness (QED) is 0.626. The highest BCUT2D eigenvalue weighted by Crippen LogP contribution is 2.01. The van der Waals surface area contributed by atoms with E-state index in [0.717, 1.165) is 0 Å². The highest BCUT2D eigenvalue weighted by Gasteiger charge is 1.93. The van der Waals surface area contributed by atoms with Gasteiger partial charge >= 0.3 is 5.97 Å². The molecule has 1 N–H and O–H groups in total. The zero-order valence-corrected chi connectivity index (χ0v) is 5.35. The molecule has 0 aliphatic carbocycles. The first-order valence-electron chi connectivity index (χ1n) is 5.41. The number of aliphatic carboxylic acids is 1. The summed E-state index contributed by atoms with van der Waals surface area (Å²) in [4.78, 5) is 10.5. The average Bonchev–Trinajstić information content (AvgIpc) is 2.04. The molecule has 0 saturated heterocycles. The van der Waals surface area contributed by atoms with E-state index in [-0.39, 0.29) is 6.42 Å². The molecule has 0 rings (SSSR count). The second-order valence-corrected chi connectivity index (χ2v) is 1.57. The number of hydrogen-bond acceptors (Lipinski definition) is 1. The summed E-state index contributed by atoms with van der Waals surface area (Å²) in [5.41, 5.74) is 0. The summed E-state index contributed by atoms with van der Waals surface area (Å²) in [6, 6.07) is 0. The van der Waals surface area contributed by atoms with E-state index >= 15 is 0 Å². The maximum absolute atomic E-state index is 10.5. The number of carbonyl (C=O) groups is 1. The lowest BCUT2D eigenvalue weighted by atomic mass is 10.2. The summed E-state index contributed by atoms with van der Waals surface area (Å²) in [7, 11) is 0. The van der Waals surface area contributed by atoms with Crippen molar-refractivity contribution in [3.8, 4) is 0 Å². The molecular weight excluding hydrogens is 116 g/mol. The monoisotopic (exact) mass is 135 g/mol. The second kappa shape index (κ2) is 5.60. The van der Waals surface area contributed by atoms with Crippen molar-refractivity contribution in [2.24, 2.45) is 0 Å². The first-order valence-corrected chi connectivity index (χ1v) is 2.83. The van der Waals surface area contributed by atoms with Crippen molar-refractivity contribution in [3.05, 3.63) is 0 Å². The topological polar surface area (TPSA) is 37.3 Å². The maximum atomic E-state index is 10.5. The van der Waals surface area contributed by atoms with Crippen molar-refractivity contribution in [2.45, 2.75) is 38.9 Å². The molecule has 0 aromatic carbocycles. The van der Waals surface area contributed by atoms with E-state index in [2.05, 4.69) is 0 Å². The second-order valence-electron chi connectivity index (χ2n) is 1.57. The van der Waals surface area contributed by atoms with E-state index in [1.807, 2.05) is 0 Å². The Balaban J connectivity index is 4.83. The van der Waals surface area contributed by atoms with Crippen LogP contribution in [-0.4, -0.2) is 11.1 Å². The lowest BCUT2D eigenvalue weighted by Crippen LogP contribution is -1.92. The molecule has 1 unspecified atom stereocenters. The molecule has 1 atom stereocenters. The molecule has 0 fully saturated rings. The molecule has 54 valence electrons. The van der Waals surface area contributed by atoms with Crippen LogP contribution in [0.25, 0.3) is 0 Å². The minimum atomic E-state index is -3.02. The lowest BCUT2D eigenvalue weighted by molar-refractivity contribution is -0.137. The van der Waals surface area contributed by atoms with Gasteiger partial charge in [-0.1, -0.05) is 26.2 Å². The maximum Gasteiger partial charge on any atom is 0.303 e. The van der Waals surface area contributed by atoms with Crippen LogP contribution in [0, 0.1) is 0 Å². The van der Waals surface area contributed by atoms with Crippen LogP contribution < -0.4 is 0 Å². The van der Waals surface area contributed by atoms with Gasteiger partial charge in [-0.2, -0.15) is 0 Å². The van der Waals surface area contributed by atoms with Crippen LogP contribution >= 0.6 is 0 Å². The van der Waals surface area contributed by atoms with Gasteiger partial charge in [0.25, 0.3) is 0 Å². The van der Waals surface area contributed by atoms with Crippen molar-refractivity contribution >= 4 is 5.97 Å². The van der Waals surface area contributed by atoms with Crippen LogP contribution in [0.2, 0.25) is 0 Å². The Bertz CT molecular complexity index is 216. The summed E-state index contributed by atoms with van der Waals surface area (Å²) in [5, 5.41) is 8.50. The van der Waals surface area contributed by atoms with Gasteiger partial charge in [-0.3, -0.25) is 4.79 Å². The summed E-state index contributed by atoms with van der Waals surface area (Å²) in [6.45, 7) is 1.73. The molecule has 0 heterocycles. The summed E-state index contributed by atoms with van der Waals surface area (Å²) >= 11 is 0. The average molecular weight is 135 g/mol. The van der Waals surface area contributed by atoms with Gasteiger partial charge in [-0.15, -0.1) is 0 Å². The van der Waals surface area contributed by atoms with Crippen molar-refractivity contribution in [2.75, 3.05) is 0 Å². The minimum Gasteiger partial charge on any atom is -0.481 e. The minimum absolute atomic E-state index is 0.139. The molecule has 0 aromatic heterocycles. The Morgan fingerprint density at radius 1 is 1.78 bits per heavy atom. The third kappa shape index (κ3) is 7.47. The van der Waals surface area contributed by atoms with E-state index < -0.39 is 25.1 Å². The van der Waals surface area contributed by atoms with E-state index in [4.69, 9.17) is 12.0 Å². The predicted octanol–water partition coefficient (Wildman–Crippen LogP) is 2.04. The molecule has 2 nitrogen and oxygen atoms in total. The van der Waals surface area contributed by atoms with Crippen molar-refractivity contribution in [1.29, 1.82) is 0 Å². The zero-order chi connectivity index (χ0) is 11.6. The van der Waals surface area contributed by atoms with Crippen LogP contribution in [-0.2, 0) is 4.79 Å². The SMILES string of the molecule is [2H]C(CCC)C([2H])([2H])C([2H])([2H])C(=O)O. The number of carboxylic acids is 1. The first-order chi connectivity index (χ1) is 6.17. The van der Waals surface area contributed by atoms with Gasteiger partial charge in [0.05, 0.1) is 0 Å². The Morgan fingerprint density at radius 2 is 2.44 bits per heavy atom. The smallest absolute Gasteiger partial charge is 0.303 e. The van der Waals surface area contributed by atoms with Crippen LogP contribution in [0.3, 0.4) is 0 Å². The van der Waals surface area contributed by atoms with Gasteiger partial charge in [-0.05, 0) is 6.37 Å². The normalized spacial score (nSPS) is 24.3. The van der Waals surface area contributed by atoms with Crippen LogP contribution in [0.5, 0.6) is 0 Å². The molecule has 0 saturated carbocycles. The van der Waals surface area contributed by atoms with Gasteiger partial charge in [-0.25, -0.2) is 0 Å². The lowest BCUT2D eigenvalue weighted by Gasteiger charge is -1.92. The van der Waals surface area contributed by atoms with E-state index in [9.17, 15) is 4.79 Å². The summed E-state index contributed by atoms with van der Waals surface area (Å²) < 4.78 is 36.1. The molecule has 0 aromatic rings. The van der Waals surface area contributed by atoms with Crippen molar-refractivity contribution < 1.29 is 16.8 Å². The Morgan fingerprint density at radius 3 is 2.89 bits per heavy atom. The Kier molecular flexibility index (Phi) is 1.89. The molecular formula is C7H14O2. The fourth-order valence-electron chi connectivity index (χ4n) is 0.329. The molecule has 0 radical (unpaired) electrons. The summed E-state index contributed by atoms with van der Waals surface area (Å²) in [6.07, 6.45) is -6.40. The number of rotatable bonds is 5. The molecule has 2 heteroatoms. The van der Waals surface area contributed by atoms with E-state index in [1.54, 1.807) is 6.92 Å². The Hall–Kier alpha value is -0.530. The first kappa shape index (κ1) is 3.04. The number of hydrogen-bond donors (Lipinski definition) is 1. The molecule has 0 spiro atoms. The summed E-state index contributed by atoms with van der Waals surface area (Å²) in [5.74, 6) is -1.86. The molecule has 0 aliphatic rings. The van der Waals surface area contributed by atoms with Gasteiger partial charge < -0.3 is 5.11 Å². The fourth-order valence-corrected chi connectivity index (χ4v) is 0.329. The van der Waals surface area contributed by atoms with E-state index in [1.165, 1.54) is 0 Å². The van der Waals surface area contributed by atoms with Crippen molar-refractivity contribution in [1.82, 2.24) is 0 Å². The van der Waals surface area contributed by atoms with Gasteiger partial charge in [0, 0.05) is 13.2 Å². The van der Waals surface area contributed by atoms with Crippen LogP contribution in [0.4, 0.5) is 0 Å². The molecule has 0 amide bonds. The van der Waals surface area contributed by atoms with Crippen LogP contribution in [0.15, 0.2) is 0 Å². The third-order valence-corrected chi connectivity index (χ3v) is 0.714. The van der Waals surface area contributed by atoms with Gasteiger partial charge in [0.15, 0.2) is 0 Å².